The fourth-order valence-electron chi connectivity index (χ4n) is 1.38. The maximum Gasteiger partial charge on any atom is 0.0327 e. The average molecular weight is 132 g/mol. The first kappa shape index (κ1) is 5.93. The van der Waals surface area contributed by atoms with E-state index >= 15 is 0 Å². The minimum Gasteiger partial charge on any atom is -0.306 e. The van der Waals surface area contributed by atoms with Crippen molar-refractivity contribution in [2.75, 3.05) is 0 Å². The summed E-state index contributed by atoms with van der Waals surface area (Å²) in [5.41, 5.74) is 2.74. The van der Waals surface area contributed by atoms with Crippen molar-refractivity contribution in [2.45, 2.75) is 12.6 Å². The first-order chi connectivity index (χ1) is 4.88. The molecule has 10 heavy (non-hydrogen) atoms. The van der Waals surface area contributed by atoms with Crippen molar-refractivity contribution in [3.05, 3.63) is 42.3 Å². The fraction of sp³-hybridized carbons (Fsp3) is 0.222. The first-order valence-corrected chi connectivity index (χ1v) is 3.52. The molecule has 1 heterocycles. The molecule has 2 rings (SSSR count). The van der Waals surface area contributed by atoms with Crippen LogP contribution in [0.5, 0.6) is 0 Å². The lowest BCUT2D eigenvalue weighted by molar-refractivity contribution is 0.683. The van der Waals surface area contributed by atoms with E-state index in [1.165, 1.54) is 11.1 Å². The Kier molecular flexibility index (Phi) is 1.24. The zero-order chi connectivity index (χ0) is 6.97. The van der Waals surface area contributed by atoms with Gasteiger partial charge in [-0.05, 0) is 18.1 Å². The van der Waals surface area contributed by atoms with Crippen molar-refractivity contribution in [1.29, 1.82) is 0 Å². The summed E-state index contributed by atoms with van der Waals surface area (Å²) < 4.78 is 0. The van der Waals surface area contributed by atoms with Crippen LogP contribution in [-0.4, -0.2) is 0 Å². The summed E-state index contributed by atoms with van der Waals surface area (Å²) in [6, 6.07) is 8.71. The van der Waals surface area contributed by atoms with Gasteiger partial charge in [-0.2, -0.15) is 0 Å². The molecule has 1 aromatic rings. The minimum absolute atomic E-state index is 0.302. The van der Waals surface area contributed by atoms with Crippen molar-refractivity contribution in [3.63, 3.8) is 0 Å². The Morgan fingerprint density at radius 3 is 3.00 bits per heavy atom. The molecule has 0 spiro atoms. The molecule has 0 aromatic heterocycles. The van der Waals surface area contributed by atoms with Crippen LogP contribution in [0.1, 0.15) is 17.2 Å². The first-order valence-electron chi connectivity index (χ1n) is 3.52. The molecule has 1 atom stereocenters. The molecule has 0 aliphatic carbocycles. The minimum atomic E-state index is 0.302. The van der Waals surface area contributed by atoms with Gasteiger partial charge in [0.2, 0.25) is 0 Å². The average Bonchev–Trinajstić information content (AvgIpc) is 2.34. The van der Waals surface area contributed by atoms with Crippen LogP contribution in [0.3, 0.4) is 0 Å². The van der Waals surface area contributed by atoms with E-state index in [1.807, 2.05) is 0 Å². The van der Waals surface area contributed by atoms with Crippen LogP contribution in [0.4, 0.5) is 0 Å². The normalized spacial score (nSPS) is 22.7. The largest absolute Gasteiger partial charge is 0.306 e. The van der Waals surface area contributed by atoms with Gasteiger partial charge in [-0.15, -0.1) is 0 Å². The van der Waals surface area contributed by atoms with E-state index in [9.17, 15) is 0 Å². The van der Waals surface area contributed by atoms with E-state index in [2.05, 4.69) is 36.5 Å². The van der Waals surface area contributed by atoms with Crippen molar-refractivity contribution in [3.8, 4) is 0 Å². The molecule has 0 bridgehead atoms. The van der Waals surface area contributed by atoms with Gasteiger partial charge in [-0.1, -0.05) is 24.3 Å². The number of fused-ring (bicyclic) bond motifs is 1. The van der Waals surface area contributed by atoms with Gasteiger partial charge in [0.05, 0.1) is 0 Å². The van der Waals surface area contributed by atoms with Crippen LogP contribution < -0.4 is 5.32 Å². The Morgan fingerprint density at radius 2 is 2.20 bits per heavy atom. The van der Waals surface area contributed by atoms with Crippen LogP contribution in [0.25, 0.3) is 0 Å². The third-order valence-corrected chi connectivity index (χ3v) is 1.97. The van der Waals surface area contributed by atoms with E-state index in [1.54, 1.807) is 0 Å². The number of rotatable bonds is 0. The van der Waals surface area contributed by atoms with Gasteiger partial charge in [-0.25, -0.2) is 0 Å². The molecule has 0 fully saturated rings. The summed E-state index contributed by atoms with van der Waals surface area (Å²) in [7, 11) is 0. The van der Waals surface area contributed by atoms with Crippen LogP contribution >= 0.6 is 0 Å². The second-order valence-electron chi connectivity index (χ2n) is 2.63. The van der Waals surface area contributed by atoms with Gasteiger partial charge in [0.25, 0.3) is 0 Å². The molecule has 0 amide bonds. The SMILES string of the molecule is [CH2]C1NCc2ccccc21. The monoisotopic (exact) mass is 132 g/mol. The fourth-order valence-corrected chi connectivity index (χ4v) is 1.38. The summed E-state index contributed by atoms with van der Waals surface area (Å²) in [6.07, 6.45) is 0. The standard InChI is InChI=1S/C9H10N/c1-7-9-5-3-2-4-8(9)6-10-7/h2-5,7,10H,1,6H2. The molecule has 1 radical (unpaired) electrons. The number of nitrogens with one attached hydrogen (secondary N) is 1. The number of hydrogen-bond acceptors (Lipinski definition) is 1. The Balaban J connectivity index is 2.51. The van der Waals surface area contributed by atoms with Crippen molar-refractivity contribution in [1.82, 2.24) is 5.32 Å². The van der Waals surface area contributed by atoms with Crippen LogP contribution in [0.2, 0.25) is 0 Å². The van der Waals surface area contributed by atoms with E-state index in [-0.39, 0.29) is 0 Å². The zero-order valence-corrected chi connectivity index (χ0v) is 5.80. The second kappa shape index (κ2) is 2.10. The Morgan fingerprint density at radius 1 is 1.40 bits per heavy atom. The number of benzene rings is 1. The van der Waals surface area contributed by atoms with Gasteiger partial charge in [0, 0.05) is 12.6 Å². The molecule has 1 aliphatic heterocycles. The molecule has 1 heteroatoms. The molecular weight excluding hydrogens is 122 g/mol. The van der Waals surface area contributed by atoms with Crippen molar-refractivity contribution >= 4 is 0 Å². The van der Waals surface area contributed by atoms with Crippen LogP contribution in [0, 0.1) is 6.92 Å². The van der Waals surface area contributed by atoms with Crippen molar-refractivity contribution in [2.24, 2.45) is 0 Å². The van der Waals surface area contributed by atoms with Gasteiger partial charge < -0.3 is 5.32 Å². The lowest BCUT2D eigenvalue weighted by atomic mass is 10.1. The second-order valence-corrected chi connectivity index (χ2v) is 2.63. The highest BCUT2D eigenvalue weighted by atomic mass is 14.9. The van der Waals surface area contributed by atoms with Crippen LogP contribution in [0.15, 0.2) is 24.3 Å². The summed E-state index contributed by atoms with van der Waals surface area (Å²) in [5, 5.41) is 3.27. The molecule has 1 aromatic carbocycles. The molecule has 1 unspecified atom stereocenters. The Labute approximate surface area is 61.1 Å². The molecule has 1 N–H and O–H groups in total. The smallest absolute Gasteiger partial charge is 0.0327 e. The third-order valence-electron chi connectivity index (χ3n) is 1.97. The van der Waals surface area contributed by atoms with E-state index in [0.29, 0.717) is 6.04 Å². The van der Waals surface area contributed by atoms with Gasteiger partial charge in [-0.3, -0.25) is 0 Å². The van der Waals surface area contributed by atoms with Gasteiger partial charge in [0.15, 0.2) is 0 Å². The maximum absolute atomic E-state index is 3.97. The predicted molar refractivity (Wildman–Crippen MR) is 41.4 cm³/mol. The summed E-state index contributed by atoms with van der Waals surface area (Å²) in [6.45, 7) is 4.94. The lowest BCUT2D eigenvalue weighted by Gasteiger charge is -2.01. The molecule has 0 saturated carbocycles. The molecule has 1 nitrogen and oxygen atoms in total. The van der Waals surface area contributed by atoms with Gasteiger partial charge >= 0.3 is 0 Å². The Hall–Kier alpha value is -0.820. The quantitative estimate of drug-likeness (QED) is 0.566. The molecular formula is C9H10N. The summed E-state index contributed by atoms with van der Waals surface area (Å²) >= 11 is 0. The van der Waals surface area contributed by atoms with E-state index < -0.39 is 0 Å². The van der Waals surface area contributed by atoms with E-state index in [4.69, 9.17) is 0 Å². The molecule has 1 aliphatic rings. The van der Waals surface area contributed by atoms with Crippen molar-refractivity contribution < 1.29 is 0 Å². The third kappa shape index (κ3) is 0.745. The van der Waals surface area contributed by atoms with Gasteiger partial charge in [0.1, 0.15) is 0 Å². The highest BCUT2D eigenvalue weighted by Crippen LogP contribution is 2.23. The molecule has 0 saturated heterocycles. The topological polar surface area (TPSA) is 12.0 Å². The Bertz CT molecular complexity index is 242. The van der Waals surface area contributed by atoms with E-state index in [0.717, 1.165) is 6.54 Å². The number of hydrogen-bond donors (Lipinski definition) is 1. The van der Waals surface area contributed by atoms with Crippen LogP contribution in [-0.2, 0) is 6.54 Å². The highest BCUT2D eigenvalue weighted by molar-refractivity contribution is 5.34. The molecule has 51 valence electrons. The lowest BCUT2D eigenvalue weighted by Crippen LogP contribution is -2.07. The highest BCUT2D eigenvalue weighted by Gasteiger charge is 2.15. The summed E-state index contributed by atoms with van der Waals surface area (Å²) in [4.78, 5) is 0. The zero-order valence-electron chi connectivity index (χ0n) is 5.80. The predicted octanol–water partition coefficient (Wildman–Crippen LogP) is 1.66. The maximum atomic E-state index is 3.97. The summed E-state index contributed by atoms with van der Waals surface area (Å²) in [5.74, 6) is 0.